The number of benzene rings is 1. The third-order valence-electron chi connectivity index (χ3n) is 4.18. The fourth-order valence-corrected chi connectivity index (χ4v) is 3.18. The summed E-state index contributed by atoms with van der Waals surface area (Å²) >= 11 is 6.04. The quantitative estimate of drug-likeness (QED) is 0.832. The fraction of sp³-hybridized carbons (Fsp3) is 0.588. The van der Waals surface area contributed by atoms with Gasteiger partial charge in [-0.25, -0.2) is 0 Å². The Kier molecular flexibility index (Phi) is 6.07. The molecule has 0 bridgehead atoms. The highest BCUT2D eigenvalue weighted by atomic mass is 35.5. The maximum absolute atomic E-state index is 11.7. The molecule has 0 spiro atoms. The molecule has 3 nitrogen and oxygen atoms in total. The minimum absolute atomic E-state index is 0.0289. The molecular weight excluding hydrogens is 286 g/mol. The molecule has 1 atom stereocenters. The highest BCUT2D eigenvalue weighted by Gasteiger charge is 2.27. The summed E-state index contributed by atoms with van der Waals surface area (Å²) in [4.78, 5) is 11.7. The van der Waals surface area contributed by atoms with E-state index in [1.165, 1.54) is 5.56 Å². The Morgan fingerprint density at radius 2 is 2.10 bits per heavy atom. The lowest BCUT2D eigenvalue weighted by Crippen LogP contribution is -2.36. The van der Waals surface area contributed by atoms with Gasteiger partial charge in [-0.2, -0.15) is 0 Å². The lowest BCUT2D eigenvalue weighted by molar-refractivity contribution is -0.149. The van der Waals surface area contributed by atoms with Gasteiger partial charge in [0.15, 0.2) is 0 Å². The Hall–Kier alpha value is -1.06. The van der Waals surface area contributed by atoms with E-state index >= 15 is 0 Å². The van der Waals surface area contributed by atoms with Crippen molar-refractivity contribution in [1.82, 2.24) is 5.32 Å². The molecule has 0 amide bonds. The summed E-state index contributed by atoms with van der Waals surface area (Å²) < 4.78 is 5.11. The molecule has 1 aromatic carbocycles. The van der Waals surface area contributed by atoms with E-state index in [4.69, 9.17) is 16.3 Å². The summed E-state index contributed by atoms with van der Waals surface area (Å²) in [6.45, 7) is 4.49. The Morgan fingerprint density at radius 1 is 1.38 bits per heavy atom. The van der Waals surface area contributed by atoms with Crippen molar-refractivity contribution < 1.29 is 9.53 Å². The zero-order valence-electron chi connectivity index (χ0n) is 12.8. The van der Waals surface area contributed by atoms with Crippen LogP contribution in [0, 0.1) is 5.92 Å². The minimum atomic E-state index is -0.0289. The highest BCUT2D eigenvalue weighted by Crippen LogP contribution is 2.27. The molecule has 1 N–H and O–H groups in total. The number of nitrogens with one attached hydrogen (secondary N) is 1. The topological polar surface area (TPSA) is 38.3 Å². The Morgan fingerprint density at radius 3 is 2.71 bits per heavy atom. The molecule has 1 aromatic rings. The molecule has 1 fully saturated rings. The van der Waals surface area contributed by atoms with Gasteiger partial charge in [0.1, 0.15) is 0 Å². The maximum atomic E-state index is 11.7. The zero-order valence-corrected chi connectivity index (χ0v) is 13.5. The third kappa shape index (κ3) is 4.72. The smallest absolute Gasteiger partial charge is 0.308 e. The second-order valence-electron chi connectivity index (χ2n) is 5.74. The summed E-state index contributed by atoms with van der Waals surface area (Å²) in [6, 6.07) is 8.70. The number of hydrogen-bond donors (Lipinski definition) is 1. The van der Waals surface area contributed by atoms with Crippen molar-refractivity contribution in [2.45, 2.75) is 51.6 Å². The van der Waals surface area contributed by atoms with E-state index in [2.05, 4.69) is 18.3 Å². The van der Waals surface area contributed by atoms with Crippen LogP contribution in [0.1, 0.15) is 51.1 Å². The van der Waals surface area contributed by atoms with Crippen LogP contribution in [0.15, 0.2) is 24.3 Å². The number of carbonyl (C=O) groups is 1. The molecular formula is C17H24ClNO2. The maximum Gasteiger partial charge on any atom is 0.308 e. The van der Waals surface area contributed by atoms with Crippen molar-refractivity contribution in [2.24, 2.45) is 5.92 Å². The van der Waals surface area contributed by atoms with Crippen LogP contribution >= 0.6 is 11.6 Å². The first-order chi connectivity index (χ1) is 10.1. The lowest BCUT2D eigenvalue weighted by atomic mass is 9.85. The number of carbonyl (C=O) groups excluding carboxylic acids is 1. The van der Waals surface area contributed by atoms with E-state index < -0.39 is 0 Å². The molecule has 1 aliphatic carbocycles. The van der Waals surface area contributed by atoms with E-state index in [1.807, 2.05) is 25.1 Å². The van der Waals surface area contributed by atoms with Crippen LogP contribution in [0.2, 0.25) is 5.02 Å². The van der Waals surface area contributed by atoms with Crippen LogP contribution in [0.3, 0.4) is 0 Å². The molecule has 1 aliphatic rings. The predicted octanol–water partition coefficient (Wildman–Crippen LogP) is 4.11. The Labute approximate surface area is 132 Å². The number of ether oxygens (including phenoxy) is 1. The highest BCUT2D eigenvalue weighted by molar-refractivity contribution is 6.30. The molecule has 0 radical (unpaired) electrons. The molecule has 0 heterocycles. The fourth-order valence-electron chi connectivity index (χ4n) is 2.98. The van der Waals surface area contributed by atoms with Crippen molar-refractivity contribution in [3.05, 3.63) is 34.9 Å². The first kappa shape index (κ1) is 16.3. The molecule has 1 saturated carbocycles. The van der Waals surface area contributed by atoms with E-state index in [1.54, 1.807) is 0 Å². The van der Waals surface area contributed by atoms with E-state index in [0.717, 1.165) is 30.7 Å². The molecule has 0 aromatic heterocycles. The van der Waals surface area contributed by atoms with Crippen molar-refractivity contribution in [2.75, 3.05) is 6.61 Å². The van der Waals surface area contributed by atoms with Crippen LogP contribution in [-0.2, 0) is 9.53 Å². The summed E-state index contributed by atoms with van der Waals surface area (Å²) in [7, 11) is 0. The first-order valence-corrected chi connectivity index (χ1v) is 8.16. The van der Waals surface area contributed by atoms with Crippen LogP contribution in [0.25, 0.3) is 0 Å². The van der Waals surface area contributed by atoms with Crippen molar-refractivity contribution in [1.29, 1.82) is 0 Å². The molecule has 2 rings (SSSR count). The van der Waals surface area contributed by atoms with E-state index in [9.17, 15) is 4.79 Å². The summed E-state index contributed by atoms with van der Waals surface area (Å²) in [5.74, 6) is 0.0586. The van der Waals surface area contributed by atoms with E-state index in [0.29, 0.717) is 12.6 Å². The lowest BCUT2D eigenvalue weighted by Gasteiger charge is -2.30. The van der Waals surface area contributed by atoms with Gasteiger partial charge in [0.05, 0.1) is 12.5 Å². The molecule has 0 aliphatic heterocycles. The van der Waals surface area contributed by atoms with Crippen molar-refractivity contribution >= 4 is 17.6 Å². The average molecular weight is 310 g/mol. The van der Waals surface area contributed by atoms with Gasteiger partial charge >= 0.3 is 5.97 Å². The van der Waals surface area contributed by atoms with Gasteiger partial charge in [-0.15, -0.1) is 0 Å². The van der Waals surface area contributed by atoms with Crippen LogP contribution in [0.5, 0.6) is 0 Å². The van der Waals surface area contributed by atoms with E-state index in [-0.39, 0.29) is 17.9 Å². The normalized spacial score (nSPS) is 23.6. The largest absolute Gasteiger partial charge is 0.466 e. The van der Waals surface area contributed by atoms with Gasteiger partial charge in [-0.3, -0.25) is 4.79 Å². The van der Waals surface area contributed by atoms with Crippen LogP contribution < -0.4 is 5.32 Å². The van der Waals surface area contributed by atoms with Gasteiger partial charge < -0.3 is 10.1 Å². The molecule has 21 heavy (non-hydrogen) atoms. The molecule has 4 heteroatoms. The Bertz CT molecular complexity index is 470. The molecule has 0 saturated heterocycles. The van der Waals surface area contributed by atoms with Crippen molar-refractivity contribution in [3.8, 4) is 0 Å². The minimum Gasteiger partial charge on any atom is -0.466 e. The van der Waals surface area contributed by atoms with Crippen molar-refractivity contribution in [3.63, 3.8) is 0 Å². The molecule has 1 unspecified atom stereocenters. The standard InChI is InChI=1S/C17H24ClNO2/c1-3-21-17(20)13-7-9-16(10-8-13)19-12(2)14-5-4-6-15(18)11-14/h4-6,11-13,16,19H,3,7-10H2,1-2H3. The Balaban J connectivity index is 1.82. The summed E-state index contributed by atoms with van der Waals surface area (Å²) in [5.41, 5.74) is 1.20. The van der Waals surface area contributed by atoms with Crippen LogP contribution in [0.4, 0.5) is 0 Å². The number of halogens is 1. The number of rotatable bonds is 5. The summed E-state index contributed by atoms with van der Waals surface area (Å²) in [5, 5.41) is 4.41. The monoisotopic (exact) mass is 309 g/mol. The first-order valence-electron chi connectivity index (χ1n) is 7.78. The zero-order chi connectivity index (χ0) is 15.2. The number of esters is 1. The average Bonchev–Trinajstić information content (AvgIpc) is 2.48. The third-order valence-corrected chi connectivity index (χ3v) is 4.42. The second kappa shape index (κ2) is 7.81. The van der Waals surface area contributed by atoms with Crippen LogP contribution in [-0.4, -0.2) is 18.6 Å². The van der Waals surface area contributed by atoms with Gasteiger partial charge in [-0.1, -0.05) is 23.7 Å². The SMILES string of the molecule is CCOC(=O)C1CCC(NC(C)c2cccc(Cl)c2)CC1. The second-order valence-corrected chi connectivity index (χ2v) is 6.18. The predicted molar refractivity (Wildman–Crippen MR) is 85.4 cm³/mol. The summed E-state index contributed by atoms with van der Waals surface area (Å²) in [6.07, 6.45) is 3.88. The molecule has 116 valence electrons. The van der Waals surface area contributed by atoms with Gasteiger partial charge in [0, 0.05) is 17.1 Å². The van der Waals surface area contributed by atoms with Gasteiger partial charge in [0.25, 0.3) is 0 Å². The van der Waals surface area contributed by atoms with Gasteiger partial charge in [0.2, 0.25) is 0 Å². The van der Waals surface area contributed by atoms with Gasteiger partial charge in [-0.05, 0) is 57.2 Å². The number of hydrogen-bond acceptors (Lipinski definition) is 3.